The van der Waals surface area contributed by atoms with Crippen LogP contribution >= 0.6 is 0 Å². The van der Waals surface area contributed by atoms with Crippen molar-refractivity contribution in [1.29, 1.82) is 0 Å². The summed E-state index contributed by atoms with van der Waals surface area (Å²) in [7, 11) is 0. The van der Waals surface area contributed by atoms with Crippen molar-refractivity contribution < 1.29 is 5.11 Å². The Balaban J connectivity index is 2.19. The summed E-state index contributed by atoms with van der Waals surface area (Å²) in [6.07, 6.45) is 3.81. The lowest BCUT2D eigenvalue weighted by Gasteiger charge is -2.39. The molecule has 1 saturated carbocycles. The molecular formula is C14H22N2O. The molecule has 0 radical (unpaired) electrons. The molecule has 0 saturated heterocycles. The van der Waals surface area contributed by atoms with Gasteiger partial charge in [-0.05, 0) is 49.4 Å². The summed E-state index contributed by atoms with van der Waals surface area (Å²) in [6, 6.07) is 7.04. The van der Waals surface area contributed by atoms with Crippen molar-refractivity contribution in [3.63, 3.8) is 0 Å². The fraction of sp³-hybridized carbons (Fsp3) is 0.571. The van der Waals surface area contributed by atoms with Crippen LogP contribution in [0.1, 0.15) is 30.4 Å². The molecule has 0 atom stereocenters. The molecule has 0 heterocycles. The summed E-state index contributed by atoms with van der Waals surface area (Å²) in [6.45, 7) is 3.64. The minimum atomic E-state index is 0.216. The molecule has 3 N–H and O–H groups in total. The third-order valence-electron chi connectivity index (χ3n) is 3.73. The van der Waals surface area contributed by atoms with Crippen LogP contribution < -0.4 is 10.6 Å². The number of hydrogen-bond acceptors (Lipinski definition) is 3. The van der Waals surface area contributed by atoms with E-state index in [9.17, 15) is 5.11 Å². The Kier molecular flexibility index (Phi) is 4.02. The second-order valence-electron chi connectivity index (χ2n) is 4.82. The van der Waals surface area contributed by atoms with E-state index in [4.69, 9.17) is 5.73 Å². The van der Waals surface area contributed by atoms with Gasteiger partial charge in [0.25, 0.3) is 0 Å². The molecule has 0 aromatic heterocycles. The summed E-state index contributed by atoms with van der Waals surface area (Å²) in [5.41, 5.74) is 9.34. The first-order valence-electron chi connectivity index (χ1n) is 6.43. The monoisotopic (exact) mass is 234 g/mol. The molecule has 3 nitrogen and oxygen atoms in total. The van der Waals surface area contributed by atoms with E-state index in [1.54, 1.807) is 0 Å². The minimum absolute atomic E-state index is 0.216. The molecule has 1 aromatic rings. The molecule has 1 aromatic carbocycles. The maximum Gasteiger partial charge on any atom is 0.0606 e. The molecule has 94 valence electrons. The van der Waals surface area contributed by atoms with Crippen LogP contribution in [0.5, 0.6) is 0 Å². The van der Waals surface area contributed by atoms with Gasteiger partial charge in [-0.15, -0.1) is 0 Å². The van der Waals surface area contributed by atoms with Crippen LogP contribution in [0.25, 0.3) is 0 Å². The number of hydrogen-bond donors (Lipinski definition) is 2. The van der Waals surface area contributed by atoms with Gasteiger partial charge in [0.05, 0.1) is 6.61 Å². The summed E-state index contributed by atoms with van der Waals surface area (Å²) in [5.74, 6) is 0. The van der Waals surface area contributed by atoms with Gasteiger partial charge in [-0.2, -0.15) is 0 Å². The van der Waals surface area contributed by atoms with Gasteiger partial charge >= 0.3 is 0 Å². The van der Waals surface area contributed by atoms with Crippen LogP contribution in [-0.4, -0.2) is 24.3 Å². The van der Waals surface area contributed by atoms with Crippen molar-refractivity contribution >= 4 is 5.69 Å². The lowest BCUT2D eigenvalue weighted by atomic mass is 9.90. The van der Waals surface area contributed by atoms with Crippen molar-refractivity contribution in [3.05, 3.63) is 29.3 Å². The van der Waals surface area contributed by atoms with Gasteiger partial charge in [0.1, 0.15) is 0 Å². The topological polar surface area (TPSA) is 49.5 Å². The average molecular weight is 234 g/mol. The zero-order valence-electron chi connectivity index (χ0n) is 10.5. The van der Waals surface area contributed by atoms with Gasteiger partial charge < -0.3 is 15.7 Å². The zero-order valence-corrected chi connectivity index (χ0v) is 10.5. The first-order valence-corrected chi connectivity index (χ1v) is 6.43. The number of aliphatic hydroxyl groups excluding tert-OH is 1. The minimum Gasteiger partial charge on any atom is -0.395 e. The highest BCUT2D eigenvalue weighted by molar-refractivity contribution is 5.52. The predicted molar refractivity (Wildman–Crippen MR) is 71.1 cm³/mol. The fourth-order valence-corrected chi connectivity index (χ4v) is 2.42. The Hall–Kier alpha value is -1.06. The number of nitrogens with zero attached hydrogens (tertiary/aromatic N) is 1. The molecule has 0 amide bonds. The third kappa shape index (κ3) is 2.61. The molecular weight excluding hydrogens is 212 g/mol. The molecule has 1 aliphatic rings. The summed E-state index contributed by atoms with van der Waals surface area (Å²) >= 11 is 0. The Bertz CT molecular complexity index is 374. The highest BCUT2D eigenvalue weighted by Gasteiger charge is 2.24. The normalized spacial score (nSPS) is 15.7. The molecule has 0 unspecified atom stereocenters. The second-order valence-corrected chi connectivity index (χ2v) is 4.82. The van der Waals surface area contributed by atoms with E-state index in [1.165, 1.54) is 36.1 Å². The van der Waals surface area contributed by atoms with E-state index < -0.39 is 0 Å². The van der Waals surface area contributed by atoms with E-state index in [0.717, 1.165) is 6.54 Å². The highest BCUT2D eigenvalue weighted by Crippen LogP contribution is 2.30. The van der Waals surface area contributed by atoms with Crippen LogP contribution in [0, 0.1) is 6.92 Å². The van der Waals surface area contributed by atoms with Crippen LogP contribution in [-0.2, 0) is 6.54 Å². The number of rotatable bonds is 5. The van der Waals surface area contributed by atoms with E-state index in [1.807, 2.05) is 0 Å². The number of anilines is 1. The maximum atomic E-state index is 9.17. The van der Waals surface area contributed by atoms with E-state index in [0.29, 0.717) is 12.6 Å². The molecule has 0 aliphatic heterocycles. The number of aliphatic hydroxyl groups is 1. The molecule has 0 bridgehead atoms. The van der Waals surface area contributed by atoms with Crippen LogP contribution in [0.2, 0.25) is 0 Å². The molecule has 0 spiro atoms. The molecule has 3 heteroatoms. The SMILES string of the molecule is Cc1cc(N(CCO)C2CCC2)ccc1CN. The smallest absolute Gasteiger partial charge is 0.0606 e. The van der Waals surface area contributed by atoms with Crippen LogP contribution in [0.3, 0.4) is 0 Å². The Morgan fingerprint density at radius 3 is 2.65 bits per heavy atom. The van der Waals surface area contributed by atoms with E-state index in [-0.39, 0.29) is 6.61 Å². The van der Waals surface area contributed by atoms with Crippen molar-refractivity contribution in [2.75, 3.05) is 18.1 Å². The van der Waals surface area contributed by atoms with Crippen molar-refractivity contribution in [3.8, 4) is 0 Å². The Morgan fingerprint density at radius 1 is 1.41 bits per heavy atom. The van der Waals surface area contributed by atoms with Gasteiger partial charge in [0.2, 0.25) is 0 Å². The fourth-order valence-electron chi connectivity index (χ4n) is 2.42. The highest BCUT2D eigenvalue weighted by atomic mass is 16.3. The third-order valence-corrected chi connectivity index (χ3v) is 3.73. The van der Waals surface area contributed by atoms with Crippen LogP contribution in [0.4, 0.5) is 5.69 Å². The molecule has 1 fully saturated rings. The Labute approximate surface area is 103 Å². The standard InChI is InChI=1S/C14H22N2O/c1-11-9-14(6-5-12(11)10-15)16(7-8-17)13-3-2-4-13/h5-6,9,13,17H,2-4,7-8,10,15H2,1H3. The van der Waals surface area contributed by atoms with Gasteiger partial charge in [0.15, 0.2) is 0 Å². The van der Waals surface area contributed by atoms with Crippen molar-refractivity contribution in [2.45, 2.75) is 38.8 Å². The number of aryl methyl sites for hydroxylation is 1. The van der Waals surface area contributed by atoms with Gasteiger partial charge in [-0.25, -0.2) is 0 Å². The summed E-state index contributed by atoms with van der Waals surface area (Å²) in [5, 5.41) is 9.17. The predicted octanol–water partition coefficient (Wildman–Crippen LogP) is 1.80. The van der Waals surface area contributed by atoms with E-state index in [2.05, 4.69) is 30.0 Å². The molecule has 2 rings (SSSR count). The van der Waals surface area contributed by atoms with Gasteiger partial charge in [-0.1, -0.05) is 6.07 Å². The number of nitrogens with two attached hydrogens (primary N) is 1. The summed E-state index contributed by atoms with van der Waals surface area (Å²) in [4.78, 5) is 2.33. The summed E-state index contributed by atoms with van der Waals surface area (Å²) < 4.78 is 0. The first kappa shape index (κ1) is 12.4. The maximum absolute atomic E-state index is 9.17. The average Bonchev–Trinajstić information content (AvgIpc) is 2.26. The largest absolute Gasteiger partial charge is 0.395 e. The van der Waals surface area contributed by atoms with Crippen molar-refractivity contribution in [1.82, 2.24) is 0 Å². The lowest BCUT2D eigenvalue weighted by molar-refractivity contribution is 0.283. The lowest BCUT2D eigenvalue weighted by Crippen LogP contribution is -2.42. The van der Waals surface area contributed by atoms with Crippen molar-refractivity contribution in [2.24, 2.45) is 5.73 Å². The first-order chi connectivity index (χ1) is 8.26. The molecule has 1 aliphatic carbocycles. The Morgan fingerprint density at radius 2 is 2.18 bits per heavy atom. The van der Waals surface area contributed by atoms with Crippen LogP contribution in [0.15, 0.2) is 18.2 Å². The van der Waals surface area contributed by atoms with E-state index >= 15 is 0 Å². The number of benzene rings is 1. The van der Waals surface area contributed by atoms with Gasteiger partial charge in [-0.3, -0.25) is 0 Å². The quantitative estimate of drug-likeness (QED) is 0.817. The van der Waals surface area contributed by atoms with Gasteiger partial charge in [0, 0.05) is 24.8 Å². The molecule has 17 heavy (non-hydrogen) atoms. The zero-order chi connectivity index (χ0) is 12.3. The second kappa shape index (κ2) is 5.52.